The van der Waals surface area contributed by atoms with Crippen LogP contribution in [0.2, 0.25) is 0 Å². The molecule has 8 rings (SSSR count). The van der Waals surface area contributed by atoms with Crippen LogP contribution in [-0.2, 0) is 0 Å². The molecule has 0 saturated carbocycles. The summed E-state index contributed by atoms with van der Waals surface area (Å²) in [5.41, 5.74) is 3.79. The van der Waals surface area contributed by atoms with Crippen LogP contribution >= 0.6 is 0 Å². The summed E-state index contributed by atoms with van der Waals surface area (Å²) in [5.74, 6) is 0.661. The highest BCUT2D eigenvalue weighted by Crippen LogP contribution is 2.44. The van der Waals surface area contributed by atoms with Crippen molar-refractivity contribution in [3.05, 3.63) is 157 Å². The Labute approximate surface area is 252 Å². The number of benzene rings is 7. The largest absolute Gasteiger partial charge is 0.291 e. The summed E-state index contributed by atoms with van der Waals surface area (Å²) in [4.78, 5) is 5.05. The van der Waals surface area contributed by atoms with Gasteiger partial charge in [-0.3, -0.25) is 4.57 Å². The van der Waals surface area contributed by atoms with Crippen molar-refractivity contribution < 1.29 is 13.7 Å². The predicted molar refractivity (Wildman–Crippen MR) is 172 cm³/mol. The summed E-state index contributed by atoms with van der Waals surface area (Å²) in [5, 5.41) is 2.41. The molecule has 0 spiro atoms. The zero-order valence-electron chi connectivity index (χ0n) is 31.6. The number of hydrogen-bond acceptors (Lipinski definition) is 1. The third-order valence-corrected chi connectivity index (χ3v) is 7.35. The average Bonchev–Trinajstić information content (AvgIpc) is 3.54. The minimum atomic E-state index is -0.517. The molecule has 41 heavy (non-hydrogen) atoms. The van der Waals surface area contributed by atoms with Crippen molar-refractivity contribution in [1.82, 2.24) is 9.55 Å². The van der Waals surface area contributed by atoms with E-state index in [0.29, 0.717) is 33.1 Å². The number of fused-ring (bicyclic) bond motifs is 3. The summed E-state index contributed by atoms with van der Waals surface area (Å²) in [6.07, 6.45) is 0. The van der Waals surface area contributed by atoms with E-state index < -0.39 is 36.3 Å². The molecule has 1 heterocycles. The van der Waals surface area contributed by atoms with E-state index >= 15 is 0 Å². The van der Waals surface area contributed by atoms with Crippen LogP contribution in [-0.4, -0.2) is 9.55 Å². The molecule has 0 aliphatic heterocycles. The summed E-state index contributed by atoms with van der Waals surface area (Å²) in [6, 6.07) is 25.7. The van der Waals surface area contributed by atoms with Crippen molar-refractivity contribution in [3.8, 4) is 39.3 Å². The molecular formula is C39H26N2. The lowest BCUT2D eigenvalue weighted by Gasteiger charge is -2.20. The third kappa shape index (κ3) is 3.84. The monoisotopic (exact) mass is 532 g/mol. The molecule has 7 aromatic carbocycles. The average molecular weight is 533 g/mol. The van der Waals surface area contributed by atoms with E-state index in [2.05, 4.69) is 4.57 Å². The molecule has 2 nitrogen and oxygen atoms in total. The molecule has 0 fully saturated rings. The van der Waals surface area contributed by atoms with E-state index in [1.165, 1.54) is 0 Å². The number of hydrogen-bond donors (Lipinski definition) is 0. The highest BCUT2D eigenvalue weighted by molar-refractivity contribution is 6.19. The van der Waals surface area contributed by atoms with Gasteiger partial charge in [-0.15, -0.1) is 0 Å². The van der Waals surface area contributed by atoms with Gasteiger partial charge in [0.2, 0.25) is 0 Å². The molecule has 8 aromatic rings. The first-order chi connectivity index (χ1) is 24.5. The van der Waals surface area contributed by atoms with Gasteiger partial charge in [0.25, 0.3) is 0 Å². The van der Waals surface area contributed by atoms with E-state index in [0.717, 1.165) is 27.7 Å². The summed E-state index contributed by atoms with van der Waals surface area (Å²) >= 11 is 0. The number of aromatic nitrogens is 2. The molecular weight excluding hydrogens is 496 g/mol. The smallest absolute Gasteiger partial charge is 0.145 e. The van der Waals surface area contributed by atoms with E-state index in [1.807, 2.05) is 78.9 Å². The first-order valence-corrected chi connectivity index (χ1v) is 13.2. The Bertz CT molecular complexity index is 2700. The molecule has 1 aromatic heterocycles. The van der Waals surface area contributed by atoms with Crippen molar-refractivity contribution in [2.75, 3.05) is 0 Å². The fourth-order valence-electron chi connectivity index (χ4n) is 5.62. The summed E-state index contributed by atoms with van der Waals surface area (Å²) in [7, 11) is 0. The molecule has 0 saturated heterocycles. The minimum Gasteiger partial charge on any atom is -0.291 e. The van der Waals surface area contributed by atoms with Crippen molar-refractivity contribution in [2.45, 2.75) is 0 Å². The van der Waals surface area contributed by atoms with Gasteiger partial charge < -0.3 is 0 Å². The van der Waals surface area contributed by atoms with Gasteiger partial charge in [0.15, 0.2) is 0 Å². The number of rotatable bonds is 4. The highest BCUT2D eigenvalue weighted by Gasteiger charge is 2.22. The van der Waals surface area contributed by atoms with Crippen LogP contribution in [0.15, 0.2) is 157 Å². The quantitative estimate of drug-likeness (QED) is 0.206. The maximum absolute atomic E-state index is 9.02. The van der Waals surface area contributed by atoms with Gasteiger partial charge in [-0.25, -0.2) is 4.98 Å². The van der Waals surface area contributed by atoms with E-state index in [4.69, 9.17) is 18.7 Å². The van der Waals surface area contributed by atoms with Gasteiger partial charge in [-0.2, -0.15) is 0 Å². The van der Waals surface area contributed by atoms with Gasteiger partial charge in [-0.1, -0.05) is 139 Å². The Morgan fingerprint density at radius 3 is 1.90 bits per heavy atom. The molecule has 0 unspecified atom stereocenters. The Morgan fingerprint density at radius 2 is 1.12 bits per heavy atom. The van der Waals surface area contributed by atoms with Crippen molar-refractivity contribution in [1.29, 1.82) is 0 Å². The molecule has 192 valence electrons. The number of imidazole rings is 1. The Kier molecular flexibility index (Phi) is 3.60. The van der Waals surface area contributed by atoms with E-state index in [1.54, 1.807) is 18.2 Å². The second-order valence-corrected chi connectivity index (χ2v) is 9.66. The molecule has 0 aliphatic rings. The molecule has 0 radical (unpaired) electrons. The maximum Gasteiger partial charge on any atom is 0.145 e. The van der Waals surface area contributed by atoms with Gasteiger partial charge in [0, 0.05) is 16.3 Å². The summed E-state index contributed by atoms with van der Waals surface area (Å²) < 4.78 is 87.8. The number of para-hydroxylation sites is 2. The van der Waals surface area contributed by atoms with Gasteiger partial charge >= 0.3 is 0 Å². The molecule has 0 atom stereocenters. The second-order valence-electron chi connectivity index (χ2n) is 9.66. The SMILES string of the molecule is [2H]c1c([2H])c([2H])c(-c2ccc3c(-n4c(-c5ccccc5)nc5ccccc54)c4ccccc4c(-c4c([2H])c([2H])c([2H])c([2H])c4[2H])c3c2)c([2H])c1[2H]. The highest BCUT2D eigenvalue weighted by atomic mass is 15.1. The van der Waals surface area contributed by atoms with Crippen molar-refractivity contribution in [2.24, 2.45) is 0 Å². The molecule has 0 aliphatic carbocycles. The topological polar surface area (TPSA) is 17.8 Å². The minimum absolute atomic E-state index is 0.00858. The maximum atomic E-state index is 9.02. The fraction of sp³-hybridized carbons (Fsp3) is 0. The van der Waals surface area contributed by atoms with Gasteiger partial charge in [-0.05, 0) is 51.2 Å². The molecule has 0 bridgehead atoms. The van der Waals surface area contributed by atoms with Crippen LogP contribution in [0.4, 0.5) is 0 Å². The molecule has 0 N–H and O–H groups in total. The first-order valence-electron chi connectivity index (χ1n) is 18.2. The molecule has 0 amide bonds. The fourth-order valence-corrected chi connectivity index (χ4v) is 5.62. The van der Waals surface area contributed by atoms with E-state index in [9.17, 15) is 0 Å². The lowest BCUT2D eigenvalue weighted by atomic mass is 9.88. The first kappa shape index (κ1) is 15.4. The molecule has 2 heteroatoms. The van der Waals surface area contributed by atoms with Crippen LogP contribution < -0.4 is 0 Å². The van der Waals surface area contributed by atoms with Crippen LogP contribution in [0, 0.1) is 0 Å². The van der Waals surface area contributed by atoms with Crippen molar-refractivity contribution >= 4 is 32.6 Å². The van der Waals surface area contributed by atoms with Crippen LogP contribution in [0.3, 0.4) is 0 Å². The Hall–Kier alpha value is -5.47. The lowest BCUT2D eigenvalue weighted by Crippen LogP contribution is -2.01. The van der Waals surface area contributed by atoms with Crippen molar-refractivity contribution in [3.63, 3.8) is 0 Å². The Balaban J connectivity index is 1.62. The normalized spacial score (nSPS) is 14.8. The second kappa shape index (κ2) is 9.62. The van der Waals surface area contributed by atoms with Crippen LogP contribution in [0.1, 0.15) is 13.7 Å². The van der Waals surface area contributed by atoms with Gasteiger partial charge in [0.1, 0.15) is 5.82 Å². The standard InChI is InChI=1S/C39H26N2/c1-4-14-27(15-5-1)30-24-25-33-34(26-30)37(28-16-6-2-7-17-28)31-20-10-11-21-32(31)38(33)41-36-23-13-12-22-35(36)40-39(41)29-18-8-3-9-19-29/h1-26H/i1D,2D,4D,5D,6D,7D,14D,15D,16D,17D. The van der Waals surface area contributed by atoms with Gasteiger partial charge in [0.05, 0.1) is 30.4 Å². The number of nitrogens with zero attached hydrogens (tertiary/aromatic N) is 2. The summed E-state index contributed by atoms with van der Waals surface area (Å²) in [6.45, 7) is 0. The van der Waals surface area contributed by atoms with E-state index in [-0.39, 0.29) is 35.3 Å². The Morgan fingerprint density at radius 1 is 0.488 bits per heavy atom. The zero-order valence-corrected chi connectivity index (χ0v) is 21.6. The lowest BCUT2D eigenvalue weighted by molar-refractivity contribution is 1.13. The zero-order chi connectivity index (χ0) is 35.9. The van der Waals surface area contributed by atoms with Crippen LogP contribution in [0.25, 0.3) is 71.9 Å². The third-order valence-electron chi connectivity index (χ3n) is 7.35. The predicted octanol–water partition coefficient (Wildman–Crippen LogP) is 10.3. The van der Waals surface area contributed by atoms with Crippen LogP contribution in [0.5, 0.6) is 0 Å².